The van der Waals surface area contributed by atoms with Gasteiger partial charge in [0, 0.05) is 22.1 Å². The molecule has 0 unspecified atom stereocenters. The molecule has 1 heterocycles. The highest BCUT2D eigenvalue weighted by Gasteiger charge is 2.51. The zero-order valence-corrected chi connectivity index (χ0v) is 35.4. The quantitative estimate of drug-likeness (QED) is 0.172. The molecule has 0 N–H and O–H groups in total. The van der Waals surface area contributed by atoms with Gasteiger partial charge in [0.05, 0.1) is 11.1 Å². The fourth-order valence-corrected chi connectivity index (χ4v) is 11.3. The molecule has 0 aliphatic heterocycles. The lowest BCUT2D eigenvalue weighted by Gasteiger charge is -2.32. The minimum Gasteiger partial charge on any atom is -0.454 e. The summed E-state index contributed by atoms with van der Waals surface area (Å²) in [6.07, 6.45) is 0. The number of para-hydroxylation sites is 2. The van der Waals surface area contributed by atoms with E-state index in [-0.39, 0.29) is 0 Å². The Hall–Kier alpha value is -8.46. The van der Waals surface area contributed by atoms with Crippen LogP contribution in [0.3, 0.4) is 0 Å². The Kier molecular flexibility index (Phi) is 7.64. The lowest BCUT2D eigenvalue weighted by atomic mass is 9.70. The summed E-state index contributed by atoms with van der Waals surface area (Å²) in [6.45, 7) is 0. The average Bonchev–Trinajstić information content (AvgIpc) is 4.01. The minimum absolute atomic E-state index is 0.456. The van der Waals surface area contributed by atoms with Gasteiger partial charge in [-0.3, -0.25) is 0 Å². The molecule has 2 aliphatic carbocycles. The molecule has 14 rings (SSSR count). The van der Waals surface area contributed by atoms with Gasteiger partial charge < -0.3 is 9.32 Å². The van der Waals surface area contributed by atoms with E-state index in [1.807, 2.05) is 6.07 Å². The van der Waals surface area contributed by atoms with Crippen LogP contribution in [0.1, 0.15) is 22.3 Å². The second kappa shape index (κ2) is 13.8. The SMILES string of the molecule is c1ccc2c(c1)-c1ccccc1C21c2ccccc2-c2ccc(N(c3ccc(-c4ccc5cc(-c6ccc7ccccc7c6)ccc5c4)cc3)c3cccc4c3oc3ccccc34)cc21. The van der Waals surface area contributed by atoms with Crippen molar-refractivity contribution in [3.8, 4) is 44.5 Å². The van der Waals surface area contributed by atoms with E-state index >= 15 is 0 Å². The second-order valence-corrected chi connectivity index (χ2v) is 17.6. The zero-order valence-electron chi connectivity index (χ0n) is 35.4. The Balaban J connectivity index is 0.917. The maximum atomic E-state index is 6.78. The first kappa shape index (κ1) is 36.1. The van der Waals surface area contributed by atoms with Gasteiger partial charge in [0.25, 0.3) is 0 Å². The molecule has 302 valence electrons. The number of hydrogen-bond donors (Lipinski definition) is 0. The van der Waals surface area contributed by atoms with E-state index in [9.17, 15) is 0 Å². The van der Waals surface area contributed by atoms with Crippen molar-refractivity contribution in [2.24, 2.45) is 0 Å². The van der Waals surface area contributed by atoms with Gasteiger partial charge >= 0.3 is 0 Å². The second-order valence-electron chi connectivity index (χ2n) is 17.6. The molecule has 2 nitrogen and oxygen atoms in total. The molecule has 2 aliphatic rings. The molecule has 0 radical (unpaired) electrons. The standard InChI is InChI=1S/C63H39NO/c1-2-13-42-36-44(25-24-40(42)12-1)47-29-28-45-37-43(26-27-46(45)38-47)41-30-32-48(33-31-41)64(60-22-11-18-55-54-17-6-10-23-61(54)65-62(55)60)49-34-35-53-52-16-5-9-21-58(52)63(59(53)39-49)56-19-7-3-14-50(56)51-15-4-8-20-57(51)63/h1-39H. The molecule has 0 amide bonds. The Morgan fingerprint density at radius 1 is 0.308 bits per heavy atom. The van der Waals surface area contributed by atoms with E-state index in [1.54, 1.807) is 0 Å². The van der Waals surface area contributed by atoms with Gasteiger partial charge in [-0.1, -0.05) is 182 Å². The molecule has 2 heteroatoms. The van der Waals surface area contributed by atoms with Gasteiger partial charge in [-0.15, -0.1) is 0 Å². The van der Waals surface area contributed by atoms with E-state index < -0.39 is 5.41 Å². The smallest absolute Gasteiger partial charge is 0.159 e. The Labute approximate surface area is 376 Å². The van der Waals surface area contributed by atoms with Gasteiger partial charge in [0.2, 0.25) is 0 Å². The number of furan rings is 1. The minimum atomic E-state index is -0.456. The van der Waals surface area contributed by atoms with Gasteiger partial charge in [-0.05, 0) is 143 Å². The van der Waals surface area contributed by atoms with Crippen LogP contribution in [-0.2, 0) is 5.41 Å². The van der Waals surface area contributed by atoms with Crippen LogP contribution in [0.4, 0.5) is 17.1 Å². The van der Waals surface area contributed by atoms with E-state index in [2.05, 4.69) is 235 Å². The van der Waals surface area contributed by atoms with Crippen LogP contribution in [0.15, 0.2) is 241 Å². The molecule has 0 fully saturated rings. The maximum Gasteiger partial charge on any atom is 0.159 e. The lowest BCUT2D eigenvalue weighted by Crippen LogP contribution is -2.26. The Bertz CT molecular complexity index is 3850. The molecule has 0 atom stereocenters. The molecule has 0 saturated heterocycles. The van der Waals surface area contributed by atoms with E-state index in [4.69, 9.17) is 4.42 Å². The highest BCUT2D eigenvalue weighted by molar-refractivity contribution is 6.10. The van der Waals surface area contributed by atoms with Crippen molar-refractivity contribution in [2.75, 3.05) is 4.90 Å². The molecular formula is C63H39NO. The van der Waals surface area contributed by atoms with Gasteiger partial charge in [0.1, 0.15) is 5.58 Å². The summed E-state index contributed by atoms with van der Waals surface area (Å²) in [4.78, 5) is 2.40. The highest BCUT2D eigenvalue weighted by atomic mass is 16.3. The molecule has 11 aromatic carbocycles. The number of benzene rings is 11. The molecule has 12 aromatic rings. The van der Waals surface area contributed by atoms with Crippen molar-refractivity contribution in [3.05, 3.63) is 259 Å². The lowest BCUT2D eigenvalue weighted by molar-refractivity contribution is 0.669. The van der Waals surface area contributed by atoms with E-state index in [0.717, 1.165) is 39.0 Å². The van der Waals surface area contributed by atoms with Crippen molar-refractivity contribution in [1.82, 2.24) is 0 Å². The molecule has 1 spiro atoms. The van der Waals surface area contributed by atoms with Crippen LogP contribution < -0.4 is 4.90 Å². The van der Waals surface area contributed by atoms with Crippen molar-refractivity contribution in [3.63, 3.8) is 0 Å². The van der Waals surface area contributed by atoms with Crippen LogP contribution in [0.25, 0.3) is 88.0 Å². The van der Waals surface area contributed by atoms with Crippen LogP contribution in [0.5, 0.6) is 0 Å². The molecule has 0 bridgehead atoms. The van der Waals surface area contributed by atoms with Crippen molar-refractivity contribution in [2.45, 2.75) is 5.41 Å². The molecule has 1 aromatic heterocycles. The third-order valence-electron chi connectivity index (χ3n) is 14.2. The number of nitrogens with zero attached hydrogens (tertiary/aromatic N) is 1. The summed E-state index contributed by atoms with van der Waals surface area (Å²) in [5.74, 6) is 0. The molecule has 65 heavy (non-hydrogen) atoms. The molecule has 0 saturated carbocycles. The Morgan fingerprint density at radius 2 is 0.785 bits per heavy atom. The first-order chi connectivity index (χ1) is 32.2. The van der Waals surface area contributed by atoms with Crippen molar-refractivity contribution in [1.29, 1.82) is 0 Å². The van der Waals surface area contributed by atoms with Crippen LogP contribution in [0.2, 0.25) is 0 Å². The predicted octanol–water partition coefficient (Wildman–Crippen LogP) is 17.0. The summed E-state index contributed by atoms with van der Waals surface area (Å²) in [5, 5.41) is 7.18. The third kappa shape index (κ3) is 5.23. The fraction of sp³-hybridized carbons (Fsp3) is 0.0159. The fourth-order valence-electron chi connectivity index (χ4n) is 11.3. The number of hydrogen-bond acceptors (Lipinski definition) is 2. The van der Waals surface area contributed by atoms with E-state index in [1.165, 1.54) is 88.3 Å². The van der Waals surface area contributed by atoms with Crippen LogP contribution in [0, 0.1) is 0 Å². The first-order valence-electron chi connectivity index (χ1n) is 22.5. The van der Waals surface area contributed by atoms with E-state index in [0.29, 0.717) is 0 Å². The summed E-state index contributed by atoms with van der Waals surface area (Å²) < 4.78 is 6.78. The summed E-state index contributed by atoms with van der Waals surface area (Å²) in [5.41, 5.74) is 19.7. The maximum absolute atomic E-state index is 6.78. The number of fused-ring (bicyclic) bond motifs is 15. The van der Waals surface area contributed by atoms with Crippen molar-refractivity contribution < 1.29 is 4.42 Å². The van der Waals surface area contributed by atoms with Crippen LogP contribution in [-0.4, -0.2) is 0 Å². The number of anilines is 3. The first-order valence-corrected chi connectivity index (χ1v) is 22.5. The largest absolute Gasteiger partial charge is 0.454 e. The predicted molar refractivity (Wildman–Crippen MR) is 271 cm³/mol. The number of rotatable bonds is 5. The van der Waals surface area contributed by atoms with Gasteiger partial charge in [-0.2, -0.15) is 0 Å². The monoisotopic (exact) mass is 825 g/mol. The Morgan fingerprint density at radius 3 is 1.45 bits per heavy atom. The summed E-state index contributed by atoms with van der Waals surface area (Å²) >= 11 is 0. The normalized spacial score (nSPS) is 13.0. The van der Waals surface area contributed by atoms with Gasteiger partial charge in [0.15, 0.2) is 5.58 Å². The summed E-state index contributed by atoms with van der Waals surface area (Å²) in [6, 6.07) is 87.0. The topological polar surface area (TPSA) is 16.4 Å². The van der Waals surface area contributed by atoms with Gasteiger partial charge in [-0.25, -0.2) is 0 Å². The van der Waals surface area contributed by atoms with Crippen molar-refractivity contribution >= 4 is 60.5 Å². The highest BCUT2D eigenvalue weighted by Crippen LogP contribution is 2.63. The third-order valence-corrected chi connectivity index (χ3v) is 14.2. The molecular weight excluding hydrogens is 787 g/mol. The van der Waals surface area contributed by atoms with Crippen LogP contribution >= 0.6 is 0 Å². The summed E-state index contributed by atoms with van der Waals surface area (Å²) in [7, 11) is 0. The zero-order chi connectivity index (χ0) is 42.6. The average molecular weight is 826 g/mol.